The van der Waals surface area contributed by atoms with Crippen LogP contribution in [-0.4, -0.2) is 16.2 Å². The van der Waals surface area contributed by atoms with Crippen molar-refractivity contribution in [2.45, 2.75) is 53.7 Å². The number of hydrogen-bond donors (Lipinski definition) is 1. The van der Waals surface area contributed by atoms with Gasteiger partial charge in [-0.1, -0.05) is 58.0 Å². The number of aromatic nitrogens is 2. The summed E-state index contributed by atoms with van der Waals surface area (Å²) in [6.07, 6.45) is 0.528. The SMILES string of the molecule is CC.CCOCn1c(Cc2ccccc2)c(C(C)C)c(=O)[nH]c1=O. The Morgan fingerprint density at radius 2 is 1.75 bits per heavy atom. The summed E-state index contributed by atoms with van der Waals surface area (Å²) in [5.74, 6) is 0.0240. The summed E-state index contributed by atoms with van der Waals surface area (Å²) in [6, 6.07) is 9.81. The molecule has 0 atom stereocenters. The number of hydrogen-bond acceptors (Lipinski definition) is 3. The van der Waals surface area contributed by atoms with E-state index in [0.717, 1.165) is 11.3 Å². The second-order valence-electron chi connectivity index (χ2n) is 5.49. The molecule has 2 aromatic rings. The molecule has 0 spiro atoms. The van der Waals surface area contributed by atoms with Crippen molar-refractivity contribution >= 4 is 0 Å². The minimum absolute atomic E-state index is 0.0240. The van der Waals surface area contributed by atoms with Gasteiger partial charge in [0.1, 0.15) is 6.73 Å². The molecule has 0 saturated heterocycles. The second-order valence-corrected chi connectivity index (χ2v) is 5.49. The lowest BCUT2D eigenvalue weighted by Crippen LogP contribution is -2.36. The van der Waals surface area contributed by atoms with Gasteiger partial charge in [0.25, 0.3) is 5.56 Å². The third-order valence-corrected chi connectivity index (χ3v) is 3.56. The maximum atomic E-state index is 12.2. The van der Waals surface area contributed by atoms with Crippen LogP contribution < -0.4 is 11.2 Å². The Kier molecular flexibility index (Phi) is 8.19. The summed E-state index contributed by atoms with van der Waals surface area (Å²) in [4.78, 5) is 26.8. The fourth-order valence-corrected chi connectivity index (χ4v) is 2.53. The van der Waals surface area contributed by atoms with Crippen LogP contribution in [0.4, 0.5) is 0 Å². The highest BCUT2D eigenvalue weighted by atomic mass is 16.5. The lowest BCUT2D eigenvalue weighted by Gasteiger charge is -2.18. The van der Waals surface area contributed by atoms with E-state index in [2.05, 4.69) is 4.98 Å². The molecule has 0 aliphatic rings. The first kappa shape index (κ1) is 19.9. The van der Waals surface area contributed by atoms with Gasteiger partial charge in [-0.3, -0.25) is 14.3 Å². The van der Waals surface area contributed by atoms with Crippen molar-refractivity contribution in [2.75, 3.05) is 6.61 Å². The Balaban J connectivity index is 0.00000139. The van der Waals surface area contributed by atoms with Gasteiger partial charge in [0.05, 0.1) is 0 Å². The van der Waals surface area contributed by atoms with E-state index in [1.807, 2.05) is 65.0 Å². The zero-order valence-electron chi connectivity index (χ0n) is 15.3. The highest BCUT2D eigenvalue weighted by Crippen LogP contribution is 2.17. The largest absolute Gasteiger partial charge is 0.361 e. The van der Waals surface area contributed by atoms with E-state index >= 15 is 0 Å². The van der Waals surface area contributed by atoms with Crippen molar-refractivity contribution in [2.24, 2.45) is 0 Å². The summed E-state index contributed by atoms with van der Waals surface area (Å²) in [7, 11) is 0. The first-order chi connectivity index (χ1) is 11.5. The van der Waals surface area contributed by atoms with E-state index in [1.165, 1.54) is 4.57 Å². The average molecular weight is 332 g/mol. The van der Waals surface area contributed by atoms with Crippen molar-refractivity contribution in [3.05, 3.63) is 68.0 Å². The standard InChI is InChI=1S/C17H22N2O3.C2H6/c1-4-22-11-19-14(10-13-8-6-5-7-9-13)15(12(2)3)16(20)18-17(19)21;1-2/h5-9,12H,4,10-11H2,1-3H3,(H,18,20,21);1-2H3. The summed E-state index contributed by atoms with van der Waals surface area (Å²) in [5, 5.41) is 0. The highest BCUT2D eigenvalue weighted by Gasteiger charge is 2.17. The molecule has 0 aliphatic heterocycles. The van der Waals surface area contributed by atoms with E-state index in [4.69, 9.17) is 4.74 Å². The quantitative estimate of drug-likeness (QED) is 0.883. The number of aromatic amines is 1. The van der Waals surface area contributed by atoms with E-state index in [1.54, 1.807) is 0 Å². The van der Waals surface area contributed by atoms with E-state index in [-0.39, 0.29) is 18.2 Å². The third-order valence-electron chi connectivity index (χ3n) is 3.56. The minimum Gasteiger partial charge on any atom is -0.361 e. The highest BCUT2D eigenvalue weighted by molar-refractivity contribution is 5.28. The van der Waals surface area contributed by atoms with Crippen molar-refractivity contribution in [1.82, 2.24) is 9.55 Å². The van der Waals surface area contributed by atoms with Crippen molar-refractivity contribution in [3.8, 4) is 0 Å². The van der Waals surface area contributed by atoms with Crippen LogP contribution in [0.3, 0.4) is 0 Å². The first-order valence-corrected chi connectivity index (χ1v) is 8.52. The summed E-state index contributed by atoms with van der Waals surface area (Å²) in [6.45, 7) is 10.4. The molecule has 0 saturated carbocycles. The molecule has 5 nitrogen and oxygen atoms in total. The summed E-state index contributed by atoms with van der Waals surface area (Å²) >= 11 is 0. The predicted octanol–water partition coefficient (Wildman–Crippen LogP) is 3.27. The Hall–Kier alpha value is -2.14. The number of benzene rings is 1. The molecule has 0 bridgehead atoms. The van der Waals surface area contributed by atoms with Crippen LogP contribution in [0.25, 0.3) is 0 Å². The van der Waals surface area contributed by atoms with Gasteiger partial charge in [-0.05, 0) is 18.4 Å². The lowest BCUT2D eigenvalue weighted by atomic mass is 9.98. The summed E-state index contributed by atoms with van der Waals surface area (Å²) in [5.41, 5.74) is 1.69. The van der Waals surface area contributed by atoms with Gasteiger partial charge in [0, 0.05) is 24.3 Å². The molecule has 5 heteroatoms. The molecule has 0 fully saturated rings. The van der Waals surface area contributed by atoms with E-state index < -0.39 is 5.69 Å². The number of H-pyrrole nitrogens is 1. The lowest BCUT2D eigenvalue weighted by molar-refractivity contribution is 0.0821. The molecule has 0 amide bonds. The number of ether oxygens (including phenoxy) is 1. The van der Waals surface area contributed by atoms with Crippen LogP contribution >= 0.6 is 0 Å². The molecule has 0 radical (unpaired) electrons. The number of rotatable bonds is 6. The minimum atomic E-state index is -0.422. The molecule has 0 unspecified atom stereocenters. The van der Waals surface area contributed by atoms with Crippen LogP contribution in [0.15, 0.2) is 39.9 Å². The van der Waals surface area contributed by atoms with Gasteiger partial charge < -0.3 is 4.74 Å². The Morgan fingerprint density at radius 1 is 1.12 bits per heavy atom. The average Bonchev–Trinajstić information content (AvgIpc) is 2.56. The van der Waals surface area contributed by atoms with Gasteiger partial charge in [-0.25, -0.2) is 4.79 Å². The maximum Gasteiger partial charge on any atom is 0.330 e. The van der Waals surface area contributed by atoms with Crippen LogP contribution in [0, 0.1) is 0 Å². The van der Waals surface area contributed by atoms with Crippen LogP contribution in [0.1, 0.15) is 57.4 Å². The molecule has 1 aromatic carbocycles. The summed E-state index contributed by atoms with van der Waals surface area (Å²) < 4.78 is 6.92. The third kappa shape index (κ3) is 4.93. The normalized spacial score (nSPS) is 10.4. The van der Waals surface area contributed by atoms with Gasteiger partial charge in [-0.15, -0.1) is 0 Å². The molecule has 2 rings (SSSR count). The van der Waals surface area contributed by atoms with Crippen LogP contribution in [-0.2, 0) is 17.9 Å². The molecule has 1 aromatic heterocycles. The van der Waals surface area contributed by atoms with Crippen molar-refractivity contribution in [3.63, 3.8) is 0 Å². The fourth-order valence-electron chi connectivity index (χ4n) is 2.53. The smallest absolute Gasteiger partial charge is 0.330 e. The molecule has 1 heterocycles. The van der Waals surface area contributed by atoms with Gasteiger partial charge in [0.2, 0.25) is 0 Å². The fraction of sp³-hybridized carbons (Fsp3) is 0.474. The Labute approximate surface area is 143 Å². The van der Waals surface area contributed by atoms with Gasteiger partial charge >= 0.3 is 5.69 Å². The number of nitrogens with zero attached hydrogens (tertiary/aromatic N) is 1. The van der Waals surface area contributed by atoms with Gasteiger partial charge in [0.15, 0.2) is 0 Å². The molecule has 132 valence electrons. The van der Waals surface area contributed by atoms with Crippen LogP contribution in [0.5, 0.6) is 0 Å². The Bertz CT molecular complexity index is 731. The van der Waals surface area contributed by atoms with E-state index in [9.17, 15) is 9.59 Å². The van der Waals surface area contributed by atoms with Crippen molar-refractivity contribution < 1.29 is 4.74 Å². The molecule has 1 N–H and O–H groups in total. The van der Waals surface area contributed by atoms with Crippen molar-refractivity contribution in [1.29, 1.82) is 0 Å². The molecular formula is C19H28N2O3. The van der Waals surface area contributed by atoms with Crippen LogP contribution in [0.2, 0.25) is 0 Å². The molecular weight excluding hydrogens is 304 g/mol. The first-order valence-electron chi connectivity index (χ1n) is 8.52. The zero-order chi connectivity index (χ0) is 18.1. The monoisotopic (exact) mass is 332 g/mol. The molecule has 0 aliphatic carbocycles. The zero-order valence-corrected chi connectivity index (χ0v) is 15.3. The predicted molar refractivity (Wildman–Crippen MR) is 97.6 cm³/mol. The second kappa shape index (κ2) is 9.88. The van der Waals surface area contributed by atoms with Gasteiger partial charge in [-0.2, -0.15) is 0 Å². The maximum absolute atomic E-state index is 12.2. The molecule has 24 heavy (non-hydrogen) atoms. The Morgan fingerprint density at radius 3 is 2.29 bits per heavy atom. The van der Waals surface area contributed by atoms with E-state index in [0.29, 0.717) is 18.6 Å². The topological polar surface area (TPSA) is 64.1 Å². The number of nitrogens with one attached hydrogen (secondary N) is 1.